The minimum Gasteiger partial charge on any atom is -0.383 e. The quantitative estimate of drug-likeness (QED) is 0.328. The fraction of sp³-hybridized carbons (Fsp3) is 0.130. The van der Waals surface area contributed by atoms with E-state index in [1.54, 1.807) is 12.3 Å². The summed E-state index contributed by atoms with van der Waals surface area (Å²) in [5.74, 6) is -2.41. The van der Waals surface area contributed by atoms with Crippen molar-refractivity contribution in [1.82, 2.24) is 14.5 Å². The van der Waals surface area contributed by atoms with Crippen LogP contribution < -0.4 is 16.4 Å². The lowest BCUT2D eigenvalue weighted by atomic mass is 10.0. The van der Waals surface area contributed by atoms with Crippen molar-refractivity contribution in [2.24, 2.45) is 0 Å². The zero-order chi connectivity index (χ0) is 24.6. The van der Waals surface area contributed by atoms with E-state index < -0.39 is 23.4 Å². The van der Waals surface area contributed by atoms with Gasteiger partial charge in [-0.15, -0.1) is 0 Å². The molecule has 0 saturated heterocycles. The second kappa shape index (κ2) is 9.06. The number of halogens is 3. The molecule has 2 amide bonds. The number of hydrogen-bond acceptors (Lipinski definition) is 5. The number of anilines is 3. The van der Waals surface area contributed by atoms with Crippen LogP contribution in [0.1, 0.15) is 35.8 Å². The molecule has 174 valence electrons. The van der Waals surface area contributed by atoms with E-state index in [-0.39, 0.29) is 39.4 Å². The van der Waals surface area contributed by atoms with Gasteiger partial charge < -0.3 is 20.9 Å². The van der Waals surface area contributed by atoms with E-state index in [2.05, 4.69) is 20.6 Å². The minimum absolute atomic E-state index is 0.00168. The third kappa shape index (κ3) is 4.27. The summed E-state index contributed by atoms with van der Waals surface area (Å²) in [6, 6.07) is 6.74. The molecule has 0 fully saturated rings. The van der Waals surface area contributed by atoms with Crippen LogP contribution in [0.25, 0.3) is 11.0 Å². The van der Waals surface area contributed by atoms with E-state index >= 15 is 0 Å². The molecule has 0 aliphatic rings. The smallest absolute Gasteiger partial charge is 0.323 e. The van der Waals surface area contributed by atoms with Crippen molar-refractivity contribution in [1.29, 1.82) is 0 Å². The summed E-state index contributed by atoms with van der Waals surface area (Å²) in [4.78, 5) is 34.1. The summed E-state index contributed by atoms with van der Waals surface area (Å²) in [5.41, 5.74) is 7.14. The molecule has 34 heavy (non-hydrogen) atoms. The summed E-state index contributed by atoms with van der Waals surface area (Å²) in [6.07, 6.45) is 2.98. The number of nitrogens with two attached hydrogens (primary N) is 1. The first-order chi connectivity index (χ1) is 16.2. The number of benzene rings is 2. The van der Waals surface area contributed by atoms with Crippen LogP contribution in [-0.2, 0) is 0 Å². The van der Waals surface area contributed by atoms with Crippen LogP contribution in [0.5, 0.6) is 0 Å². The molecule has 2 aromatic carbocycles. The van der Waals surface area contributed by atoms with Gasteiger partial charge in [-0.3, -0.25) is 4.79 Å². The van der Waals surface area contributed by atoms with Crippen molar-refractivity contribution in [3.8, 4) is 0 Å². The van der Waals surface area contributed by atoms with Gasteiger partial charge in [-0.05, 0) is 38.1 Å². The van der Waals surface area contributed by atoms with Gasteiger partial charge in [0.05, 0.1) is 21.7 Å². The topological polar surface area (TPSA) is 115 Å². The molecular formula is C23H19ClF2N6O2. The maximum absolute atomic E-state index is 13.5. The maximum atomic E-state index is 13.5. The van der Waals surface area contributed by atoms with E-state index in [1.165, 1.54) is 24.5 Å². The number of nitrogen functional groups attached to an aromatic ring is 1. The Morgan fingerprint density at radius 1 is 1.06 bits per heavy atom. The van der Waals surface area contributed by atoms with Crippen molar-refractivity contribution < 1.29 is 18.4 Å². The van der Waals surface area contributed by atoms with E-state index in [0.29, 0.717) is 11.0 Å². The van der Waals surface area contributed by atoms with Gasteiger partial charge >= 0.3 is 6.03 Å². The predicted molar refractivity (Wildman–Crippen MR) is 126 cm³/mol. The van der Waals surface area contributed by atoms with Gasteiger partial charge in [-0.2, -0.15) is 0 Å². The number of fused-ring (bicyclic) bond motifs is 1. The number of rotatable bonds is 5. The fourth-order valence-corrected chi connectivity index (χ4v) is 3.74. The Morgan fingerprint density at radius 2 is 1.82 bits per heavy atom. The number of amides is 2. The molecule has 0 radical (unpaired) electrons. The monoisotopic (exact) mass is 484 g/mol. The lowest BCUT2D eigenvalue weighted by Crippen LogP contribution is -2.20. The van der Waals surface area contributed by atoms with E-state index in [1.807, 2.05) is 18.4 Å². The van der Waals surface area contributed by atoms with Crippen LogP contribution in [0.15, 0.2) is 48.9 Å². The molecule has 0 unspecified atom stereocenters. The highest BCUT2D eigenvalue weighted by Crippen LogP contribution is 2.32. The number of carbonyl (C=O) groups is 2. The summed E-state index contributed by atoms with van der Waals surface area (Å²) < 4.78 is 28.3. The third-order valence-electron chi connectivity index (χ3n) is 5.11. The molecule has 4 N–H and O–H groups in total. The molecule has 8 nitrogen and oxygen atoms in total. The van der Waals surface area contributed by atoms with Crippen molar-refractivity contribution in [2.45, 2.75) is 19.9 Å². The molecule has 2 aromatic heterocycles. The Morgan fingerprint density at radius 3 is 2.53 bits per heavy atom. The average Bonchev–Trinajstić information content (AvgIpc) is 3.19. The van der Waals surface area contributed by atoms with Crippen molar-refractivity contribution >= 4 is 51.6 Å². The number of hydrogen-bond donors (Lipinski definition) is 3. The Labute approximate surface area is 197 Å². The standard InChI is InChI=1S/C23H19ClF2N6O2/c1-11(2)32-9-14(18-21(27)28-10-29-22(18)32)20(33)13-4-3-5-17(19(13)24)31-23(34)30-12-6-7-15(25)16(26)8-12/h3-11H,1-2H3,(H2,27,28,29)(H2,30,31,34). The Balaban J connectivity index is 1.65. The SMILES string of the molecule is CC(C)n1cc(C(=O)c2cccc(NC(=O)Nc3ccc(F)c(F)c3)c2Cl)c2c(N)ncnc21. The first kappa shape index (κ1) is 23.1. The van der Waals surface area contributed by atoms with E-state index in [4.69, 9.17) is 17.3 Å². The summed E-state index contributed by atoms with van der Waals surface area (Å²) in [7, 11) is 0. The van der Waals surface area contributed by atoms with Crippen LogP contribution in [-0.4, -0.2) is 26.3 Å². The molecule has 0 bridgehead atoms. The maximum Gasteiger partial charge on any atom is 0.323 e. The summed E-state index contributed by atoms with van der Waals surface area (Å²) in [5, 5.41) is 5.29. The molecule has 0 spiro atoms. The normalized spacial score (nSPS) is 11.1. The van der Waals surface area contributed by atoms with Crippen LogP contribution in [0.2, 0.25) is 5.02 Å². The van der Waals surface area contributed by atoms with Crippen molar-refractivity contribution in [2.75, 3.05) is 16.4 Å². The lowest BCUT2D eigenvalue weighted by Gasteiger charge is -2.12. The van der Waals surface area contributed by atoms with Crippen molar-refractivity contribution in [3.63, 3.8) is 0 Å². The first-order valence-corrected chi connectivity index (χ1v) is 10.5. The zero-order valence-electron chi connectivity index (χ0n) is 18.1. The second-order valence-electron chi connectivity index (χ2n) is 7.71. The molecule has 11 heteroatoms. The van der Waals surface area contributed by atoms with Gasteiger partial charge in [0.1, 0.15) is 17.8 Å². The minimum atomic E-state index is -1.10. The fourth-order valence-electron chi connectivity index (χ4n) is 3.48. The average molecular weight is 485 g/mol. The molecule has 2 heterocycles. The zero-order valence-corrected chi connectivity index (χ0v) is 18.8. The molecule has 0 aliphatic carbocycles. The number of aromatic nitrogens is 3. The highest BCUT2D eigenvalue weighted by molar-refractivity contribution is 6.38. The Bertz CT molecular complexity index is 1440. The number of urea groups is 1. The number of carbonyl (C=O) groups excluding carboxylic acids is 2. The Kier molecular flexibility index (Phi) is 6.16. The lowest BCUT2D eigenvalue weighted by molar-refractivity contribution is 0.104. The van der Waals surface area contributed by atoms with Crippen LogP contribution in [0.4, 0.5) is 30.8 Å². The van der Waals surface area contributed by atoms with Crippen molar-refractivity contribution in [3.05, 3.63) is 76.7 Å². The third-order valence-corrected chi connectivity index (χ3v) is 5.52. The molecular weight excluding hydrogens is 466 g/mol. The predicted octanol–water partition coefficient (Wildman–Crippen LogP) is 5.40. The second-order valence-corrected chi connectivity index (χ2v) is 8.08. The van der Waals surface area contributed by atoms with Gasteiger partial charge in [0, 0.05) is 29.6 Å². The molecule has 0 atom stereocenters. The molecule has 4 aromatic rings. The highest BCUT2D eigenvalue weighted by Gasteiger charge is 2.24. The summed E-state index contributed by atoms with van der Waals surface area (Å²) in [6.45, 7) is 3.88. The summed E-state index contributed by atoms with van der Waals surface area (Å²) >= 11 is 6.46. The van der Waals surface area contributed by atoms with Crippen LogP contribution in [0.3, 0.4) is 0 Å². The Hall–Kier alpha value is -4.05. The van der Waals surface area contributed by atoms with Gasteiger partial charge in [-0.25, -0.2) is 23.5 Å². The largest absolute Gasteiger partial charge is 0.383 e. The van der Waals surface area contributed by atoms with E-state index in [9.17, 15) is 18.4 Å². The van der Waals surface area contributed by atoms with Gasteiger partial charge in [0.2, 0.25) is 0 Å². The molecule has 0 aliphatic heterocycles. The van der Waals surface area contributed by atoms with Crippen LogP contribution in [0, 0.1) is 11.6 Å². The van der Waals surface area contributed by atoms with Gasteiger partial charge in [0.25, 0.3) is 0 Å². The molecule has 0 saturated carbocycles. The number of ketones is 1. The molecule has 4 rings (SSSR count). The van der Waals surface area contributed by atoms with E-state index in [0.717, 1.165) is 12.1 Å². The highest BCUT2D eigenvalue weighted by atomic mass is 35.5. The van der Waals surface area contributed by atoms with Gasteiger partial charge in [-0.1, -0.05) is 17.7 Å². The van der Waals surface area contributed by atoms with Crippen LogP contribution >= 0.6 is 11.6 Å². The number of nitrogens with zero attached hydrogens (tertiary/aromatic N) is 3. The van der Waals surface area contributed by atoms with Gasteiger partial charge in [0.15, 0.2) is 17.4 Å². The first-order valence-electron chi connectivity index (χ1n) is 10.1. The number of nitrogens with one attached hydrogen (secondary N) is 2.